The number of fused-ring (bicyclic) bond motifs is 2. The molecule has 1 saturated carbocycles. The molecule has 0 aromatic rings. The van der Waals surface area contributed by atoms with E-state index in [0.717, 1.165) is 11.8 Å². The highest BCUT2D eigenvalue weighted by Gasteiger charge is 2.31. The molecule has 1 aliphatic heterocycles. The largest absolute Gasteiger partial charge is 0.237 e. The van der Waals surface area contributed by atoms with Crippen LogP contribution in [0, 0.1) is 11.8 Å². The predicted molar refractivity (Wildman–Crippen MR) is 51.8 cm³/mol. The number of nitrogens with zero attached hydrogens (tertiary/aromatic N) is 1. The lowest BCUT2D eigenvalue weighted by Crippen LogP contribution is -2.37. The summed E-state index contributed by atoms with van der Waals surface area (Å²) in [4.78, 5) is 0. The van der Waals surface area contributed by atoms with Crippen LogP contribution in [-0.2, 0) is 0 Å². The van der Waals surface area contributed by atoms with Crippen molar-refractivity contribution in [1.82, 2.24) is 0 Å². The summed E-state index contributed by atoms with van der Waals surface area (Å²) in [6, 6.07) is 0.716. The van der Waals surface area contributed by atoms with E-state index in [4.69, 9.17) is 0 Å². The Morgan fingerprint density at radius 1 is 1.33 bits per heavy atom. The molecule has 0 radical (unpaired) electrons. The van der Waals surface area contributed by atoms with E-state index in [9.17, 15) is 0 Å². The highest BCUT2D eigenvalue weighted by atomic mass is 15.0. The van der Waals surface area contributed by atoms with Gasteiger partial charge in [-0.15, -0.1) is 0 Å². The lowest BCUT2D eigenvalue weighted by atomic mass is 9.79. The first-order valence-electron chi connectivity index (χ1n) is 5.36. The van der Waals surface area contributed by atoms with Gasteiger partial charge in [0.15, 0.2) is 0 Å². The number of hydrogen-bond acceptors (Lipinski definition) is 0. The van der Waals surface area contributed by atoms with Gasteiger partial charge in [-0.05, 0) is 33.1 Å². The summed E-state index contributed by atoms with van der Waals surface area (Å²) < 4.78 is 2.55. The predicted octanol–water partition coefficient (Wildman–Crippen LogP) is 2.30. The standard InChI is InChI=1S/C11H20N/c1-9(2)12-7-10-4-3-5-11(6-10)8-12/h7,9-11H,3-6,8H2,1-2H3/q+1/t10-,11-/m0/s1. The zero-order valence-electron chi connectivity index (χ0n) is 8.29. The minimum atomic E-state index is 0.716. The first kappa shape index (κ1) is 8.28. The van der Waals surface area contributed by atoms with E-state index in [-0.39, 0.29) is 0 Å². The maximum atomic E-state index is 2.55. The quantitative estimate of drug-likeness (QED) is 0.526. The van der Waals surface area contributed by atoms with Crippen LogP contribution in [0.4, 0.5) is 0 Å². The van der Waals surface area contributed by atoms with Gasteiger partial charge < -0.3 is 0 Å². The molecule has 2 bridgehead atoms. The average Bonchev–Trinajstić information content (AvgIpc) is 2.03. The third-order valence-electron chi connectivity index (χ3n) is 3.36. The van der Waals surface area contributed by atoms with Crippen LogP contribution in [0.15, 0.2) is 0 Å². The van der Waals surface area contributed by atoms with Crippen LogP contribution in [0.3, 0.4) is 0 Å². The molecule has 12 heavy (non-hydrogen) atoms. The van der Waals surface area contributed by atoms with Gasteiger partial charge in [-0.25, -0.2) is 4.58 Å². The monoisotopic (exact) mass is 166 g/mol. The third-order valence-corrected chi connectivity index (χ3v) is 3.36. The van der Waals surface area contributed by atoms with Gasteiger partial charge in [0.2, 0.25) is 0 Å². The average molecular weight is 166 g/mol. The minimum Gasteiger partial charge on any atom is -0.237 e. The molecule has 1 aliphatic carbocycles. The highest BCUT2D eigenvalue weighted by molar-refractivity contribution is 5.56. The van der Waals surface area contributed by atoms with Crippen LogP contribution >= 0.6 is 0 Å². The van der Waals surface area contributed by atoms with Crippen molar-refractivity contribution in [1.29, 1.82) is 0 Å². The molecular formula is C11H20N+. The molecule has 0 saturated heterocycles. The smallest absolute Gasteiger partial charge is 0.146 e. The van der Waals surface area contributed by atoms with E-state index in [2.05, 4.69) is 24.6 Å². The first-order valence-corrected chi connectivity index (χ1v) is 5.36. The summed E-state index contributed by atoms with van der Waals surface area (Å²) in [7, 11) is 0. The Balaban J connectivity index is 2.11. The molecule has 2 atom stereocenters. The first-order chi connectivity index (χ1) is 5.75. The summed E-state index contributed by atoms with van der Waals surface area (Å²) in [6.07, 6.45) is 8.37. The van der Waals surface area contributed by atoms with E-state index in [1.807, 2.05) is 0 Å². The van der Waals surface area contributed by atoms with Crippen molar-refractivity contribution in [2.75, 3.05) is 6.54 Å². The summed E-state index contributed by atoms with van der Waals surface area (Å²) in [6.45, 7) is 5.93. The molecule has 1 nitrogen and oxygen atoms in total. The van der Waals surface area contributed by atoms with E-state index in [0.29, 0.717) is 6.04 Å². The highest BCUT2D eigenvalue weighted by Crippen LogP contribution is 2.31. The fourth-order valence-electron chi connectivity index (χ4n) is 2.65. The molecule has 0 amide bonds. The van der Waals surface area contributed by atoms with E-state index < -0.39 is 0 Å². The normalized spacial score (nSPS) is 35.1. The van der Waals surface area contributed by atoms with Crippen LogP contribution < -0.4 is 0 Å². The maximum Gasteiger partial charge on any atom is 0.146 e. The van der Waals surface area contributed by atoms with E-state index in [1.165, 1.54) is 32.2 Å². The number of hydrogen-bond donors (Lipinski definition) is 0. The summed E-state index contributed by atoms with van der Waals surface area (Å²) in [5.74, 6) is 1.93. The zero-order valence-corrected chi connectivity index (χ0v) is 8.29. The van der Waals surface area contributed by atoms with Crippen LogP contribution in [0.1, 0.15) is 39.5 Å². The van der Waals surface area contributed by atoms with Crippen LogP contribution in [0.5, 0.6) is 0 Å². The SMILES string of the molecule is CC(C)[N+]1=C[C@H]2CCC[C@@H](C2)C1. The van der Waals surface area contributed by atoms with Crippen molar-refractivity contribution >= 4 is 6.21 Å². The zero-order chi connectivity index (χ0) is 8.55. The van der Waals surface area contributed by atoms with Crippen molar-refractivity contribution in [2.24, 2.45) is 11.8 Å². The fourth-order valence-corrected chi connectivity index (χ4v) is 2.65. The van der Waals surface area contributed by atoms with Crippen LogP contribution in [-0.4, -0.2) is 23.4 Å². The summed E-state index contributed by atoms with van der Waals surface area (Å²) in [5, 5.41) is 0. The molecule has 1 heteroatoms. The fraction of sp³-hybridized carbons (Fsp3) is 0.909. The summed E-state index contributed by atoms with van der Waals surface area (Å²) in [5.41, 5.74) is 0. The van der Waals surface area contributed by atoms with Crippen molar-refractivity contribution in [3.05, 3.63) is 0 Å². The van der Waals surface area contributed by atoms with Gasteiger partial charge in [-0.3, -0.25) is 0 Å². The van der Waals surface area contributed by atoms with Gasteiger partial charge in [0.05, 0.1) is 0 Å². The maximum absolute atomic E-state index is 2.55. The molecule has 0 aromatic carbocycles. The van der Waals surface area contributed by atoms with Crippen LogP contribution in [0.2, 0.25) is 0 Å². The Morgan fingerprint density at radius 3 is 2.83 bits per heavy atom. The second-order valence-electron chi connectivity index (χ2n) is 4.73. The van der Waals surface area contributed by atoms with Gasteiger partial charge in [-0.2, -0.15) is 0 Å². The minimum absolute atomic E-state index is 0.716. The van der Waals surface area contributed by atoms with Crippen molar-refractivity contribution in [3.8, 4) is 0 Å². The van der Waals surface area contributed by atoms with Gasteiger partial charge >= 0.3 is 0 Å². The molecule has 68 valence electrons. The van der Waals surface area contributed by atoms with Crippen molar-refractivity contribution in [2.45, 2.75) is 45.6 Å². The van der Waals surface area contributed by atoms with Crippen molar-refractivity contribution < 1.29 is 4.58 Å². The molecule has 2 rings (SSSR count). The Labute approximate surface area is 75.5 Å². The van der Waals surface area contributed by atoms with Crippen molar-refractivity contribution in [3.63, 3.8) is 0 Å². The lowest BCUT2D eigenvalue weighted by molar-refractivity contribution is -0.568. The lowest BCUT2D eigenvalue weighted by Gasteiger charge is -2.30. The Kier molecular flexibility index (Phi) is 2.20. The second-order valence-corrected chi connectivity index (χ2v) is 4.73. The Morgan fingerprint density at radius 2 is 2.17 bits per heavy atom. The molecule has 0 unspecified atom stereocenters. The van der Waals surface area contributed by atoms with Gasteiger partial charge in [-0.1, -0.05) is 6.42 Å². The number of rotatable bonds is 1. The van der Waals surface area contributed by atoms with E-state index in [1.54, 1.807) is 0 Å². The van der Waals surface area contributed by atoms with E-state index >= 15 is 0 Å². The van der Waals surface area contributed by atoms with Crippen LogP contribution in [0.25, 0.3) is 0 Å². The summed E-state index contributed by atoms with van der Waals surface area (Å²) >= 11 is 0. The third kappa shape index (κ3) is 1.55. The molecular weight excluding hydrogens is 146 g/mol. The molecule has 1 fully saturated rings. The molecule has 0 N–H and O–H groups in total. The Bertz CT molecular complexity index is 193. The molecule has 0 aromatic heterocycles. The Hall–Kier alpha value is -0.330. The van der Waals surface area contributed by atoms with Gasteiger partial charge in [0.25, 0.3) is 0 Å². The second kappa shape index (κ2) is 3.20. The van der Waals surface area contributed by atoms with Gasteiger partial charge in [0.1, 0.15) is 18.8 Å². The topological polar surface area (TPSA) is 3.01 Å². The molecule has 1 heterocycles. The van der Waals surface area contributed by atoms with Gasteiger partial charge in [0, 0.05) is 11.8 Å². The molecule has 2 aliphatic rings. The molecule has 0 spiro atoms.